The van der Waals surface area contributed by atoms with E-state index in [1.165, 1.54) is 5.56 Å². The van der Waals surface area contributed by atoms with E-state index in [0.717, 1.165) is 34.5 Å². The van der Waals surface area contributed by atoms with Crippen LogP contribution in [-0.2, 0) is 16.8 Å². The number of carbonyl (C=O) groups excluding carboxylic acids is 1. The number of nitrogens with one attached hydrogen (secondary N) is 1. The maximum Gasteiger partial charge on any atom is 0.286 e. The number of aromatic nitrogens is 1. The van der Waals surface area contributed by atoms with Crippen LogP contribution in [0, 0.1) is 0 Å². The molecule has 0 saturated carbocycles. The normalized spacial score (nSPS) is 15.9. The van der Waals surface area contributed by atoms with Gasteiger partial charge in [0.25, 0.3) is 5.91 Å². The SMILES string of the molecule is CC1NN=C(C(N)=O)N1c1ccc(Cc2ccc(-c3ccc(C(C)(C)O)cn3)cc2)cc1. The number of hydrogen-bond acceptors (Lipinski definition) is 6. The number of rotatable bonds is 6. The summed E-state index contributed by atoms with van der Waals surface area (Å²) in [6.07, 6.45) is 2.37. The lowest BCUT2D eigenvalue weighted by Gasteiger charge is -2.23. The van der Waals surface area contributed by atoms with Crippen molar-refractivity contribution in [1.29, 1.82) is 0 Å². The molecule has 0 saturated heterocycles. The Hall–Kier alpha value is -3.71. The van der Waals surface area contributed by atoms with Crippen LogP contribution in [0.25, 0.3) is 11.3 Å². The number of carbonyl (C=O) groups is 1. The number of primary amides is 1. The first-order valence-electron chi connectivity index (χ1n) is 10.5. The van der Waals surface area contributed by atoms with Gasteiger partial charge >= 0.3 is 0 Å². The van der Waals surface area contributed by atoms with Crippen molar-refractivity contribution >= 4 is 17.4 Å². The van der Waals surface area contributed by atoms with Crippen LogP contribution in [0.4, 0.5) is 5.69 Å². The smallest absolute Gasteiger partial charge is 0.286 e. The first-order chi connectivity index (χ1) is 15.2. The number of aliphatic hydroxyl groups is 1. The summed E-state index contributed by atoms with van der Waals surface area (Å²) in [6, 6.07) is 20.2. The fourth-order valence-corrected chi connectivity index (χ4v) is 3.70. The molecular weight excluding hydrogens is 402 g/mol. The van der Waals surface area contributed by atoms with Gasteiger partial charge in [0, 0.05) is 23.0 Å². The Morgan fingerprint density at radius 1 is 1.06 bits per heavy atom. The first kappa shape index (κ1) is 21.5. The van der Waals surface area contributed by atoms with Gasteiger partial charge in [-0.25, -0.2) is 0 Å². The predicted octanol–water partition coefficient (Wildman–Crippen LogP) is 3.12. The summed E-state index contributed by atoms with van der Waals surface area (Å²) in [4.78, 5) is 17.9. The zero-order chi connectivity index (χ0) is 22.9. The third-order valence-electron chi connectivity index (χ3n) is 5.54. The second-order valence-electron chi connectivity index (χ2n) is 8.51. The van der Waals surface area contributed by atoms with E-state index in [0.29, 0.717) is 0 Å². The minimum atomic E-state index is -0.900. The number of benzene rings is 2. The molecule has 1 atom stereocenters. The molecular formula is C25H27N5O2. The maximum atomic E-state index is 11.6. The molecule has 7 nitrogen and oxygen atoms in total. The second-order valence-corrected chi connectivity index (χ2v) is 8.51. The van der Waals surface area contributed by atoms with Gasteiger partial charge in [0.2, 0.25) is 5.84 Å². The van der Waals surface area contributed by atoms with Crippen molar-refractivity contribution in [3.8, 4) is 11.3 Å². The number of amidine groups is 1. The molecule has 1 amide bonds. The maximum absolute atomic E-state index is 11.6. The number of hydrogen-bond donors (Lipinski definition) is 3. The molecule has 4 N–H and O–H groups in total. The van der Waals surface area contributed by atoms with Crippen molar-refractivity contribution < 1.29 is 9.90 Å². The second kappa shape index (κ2) is 8.43. The summed E-state index contributed by atoms with van der Waals surface area (Å²) < 4.78 is 0. The molecule has 7 heteroatoms. The Labute approximate surface area is 187 Å². The Kier molecular flexibility index (Phi) is 5.67. The Balaban J connectivity index is 1.45. The van der Waals surface area contributed by atoms with E-state index in [-0.39, 0.29) is 12.0 Å². The third-order valence-corrected chi connectivity index (χ3v) is 5.54. The number of nitrogens with zero attached hydrogens (tertiary/aromatic N) is 3. The van der Waals surface area contributed by atoms with E-state index >= 15 is 0 Å². The number of amides is 1. The average Bonchev–Trinajstić information content (AvgIpc) is 3.16. The zero-order valence-electron chi connectivity index (χ0n) is 18.4. The van der Waals surface area contributed by atoms with Crippen LogP contribution in [0.5, 0.6) is 0 Å². The molecule has 1 aromatic heterocycles. The molecule has 4 rings (SSSR count). The molecule has 0 fully saturated rings. The Bertz CT molecular complexity index is 1130. The van der Waals surface area contributed by atoms with Crippen LogP contribution >= 0.6 is 0 Å². The van der Waals surface area contributed by atoms with Gasteiger partial charge in [0.1, 0.15) is 6.17 Å². The number of anilines is 1. The van der Waals surface area contributed by atoms with Crippen LogP contribution in [0.2, 0.25) is 0 Å². The first-order valence-corrected chi connectivity index (χ1v) is 10.5. The van der Waals surface area contributed by atoms with Gasteiger partial charge in [-0.1, -0.05) is 42.5 Å². The Morgan fingerprint density at radius 3 is 2.22 bits per heavy atom. The van der Waals surface area contributed by atoms with Crippen LogP contribution in [0.15, 0.2) is 72.0 Å². The van der Waals surface area contributed by atoms with Crippen LogP contribution in [-0.4, -0.2) is 28.0 Å². The zero-order valence-corrected chi connectivity index (χ0v) is 18.4. The molecule has 2 aromatic carbocycles. The summed E-state index contributed by atoms with van der Waals surface area (Å²) in [5.41, 5.74) is 13.3. The molecule has 1 aliphatic rings. The molecule has 1 aliphatic heterocycles. The topological polar surface area (TPSA) is 104 Å². The van der Waals surface area contributed by atoms with E-state index in [9.17, 15) is 9.90 Å². The standard InChI is InChI=1S/C25H27N5O2/c1-16-28-29-24(23(26)31)30(16)21-11-6-18(7-12-21)14-17-4-8-19(9-5-17)22-13-10-20(15-27-22)25(2,3)32/h4-13,15-16,28,32H,14H2,1-3H3,(H2,26,31). The van der Waals surface area contributed by atoms with Gasteiger partial charge in [-0.15, -0.1) is 0 Å². The number of hydrazone groups is 1. The van der Waals surface area contributed by atoms with E-state index in [2.05, 4.69) is 39.8 Å². The van der Waals surface area contributed by atoms with Gasteiger partial charge < -0.3 is 10.8 Å². The summed E-state index contributed by atoms with van der Waals surface area (Å²) in [6.45, 7) is 5.41. The van der Waals surface area contributed by atoms with Crippen molar-refractivity contribution in [2.75, 3.05) is 4.90 Å². The van der Waals surface area contributed by atoms with Crippen LogP contribution < -0.4 is 16.1 Å². The Morgan fingerprint density at radius 2 is 1.69 bits per heavy atom. The van der Waals surface area contributed by atoms with Crippen LogP contribution in [0.1, 0.15) is 37.5 Å². The van der Waals surface area contributed by atoms with E-state index < -0.39 is 11.5 Å². The molecule has 0 radical (unpaired) electrons. The highest BCUT2D eigenvalue weighted by Crippen LogP contribution is 2.24. The van der Waals surface area contributed by atoms with Crippen molar-refractivity contribution in [1.82, 2.24) is 10.4 Å². The average molecular weight is 430 g/mol. The molecule has 3 aromatic rings. The fourth-order valence-electron chi connectivity index (χ4n) is 3.70. The summed E-state index contributed by atoms with van der Waals surface area (Å²) >= 11 is 0. The van der Waals surface area contributed by atoms with Gasteiger partial charge in [-0.3, -0.25) is 20.1 Å². The lowest BCUT2D eigenvalue weighted by atomic mass is 9.99. The van der Waals surface area contributed by atoms with Crippen LogP contribution in [0.3, 0.4) is 0 Å². The molecule has 1 unspecified atom stereocenters. The fraction of sp³-hybridized carbons (Fsp3) is 0.240. The molecule has 0 aliphatic carbocycles. The molecule has 164 valence electrons. The van der Waals surface area contributed by atoms with Gasteiger partial charge in [0.15, 0.2) is 0 Å². The van der Waals surface area contributed by atoms with E-state index in [1.54, 1.807) is 24.9 Å². The molecule has 0 bridgehead atoms. The molecule has 2 heterocycles. The number of pyridine rings is 1. The van der Waals surface area contributed by atoms with Crippen molar-refractivity contribution in [2.45, 2.75) is 39.0 Å². The summed E-state index contributed by atoms with van der Waals surface area (Å²) in [5, 5.41) is 14.1. The highest BCUT2D eigenvalue weighted by Gasteiger charge is 2.29. The van der Waals surface area contributed by atoms with Crippen molar-refractivity contribution in [3.63, 3.8) is 0 Å². The van der Waals surface area contributed by atoms with Gasteiger partial charge in [-0.05, 0) is 56.5 Å². The highest BCUT2D eigenvalue weighted by molar-refractivity contribution is 6.43. The van der Waals surface area contributed by atoms with Gasteiger partial charge in [-0.2, -0.15) is 5.10 Å². The van der Waals surface area contributed by atoms with Crippen molar-refractivity contribution in [2.24, 2.45) is 10.8 Å². The quantitative estimate of drug-likeness (QED) is 0.559. The lowest BCUT2D eigenvalue weighted by molar-refractivity contribution is -0.112. The molecule has 32 heavy (non-hydrogen) atoms. The monoisotopic (exact) mass is 429 g/mol. The van der Waals surface area contributed by atoms with E-state index in [1.807, 2.05) is 43.3 Å². The summed E-state index contributed by atoms with van der Waals surface area (Å²) in [7, 11) is 0. The summed E-state index contributed by atoms with van der Waals surface area (Å²) in [5.74, 6) is -0.347. The number of nitrogens with two attached hydrogens (primary N) is 1. The molecule has 0 spiro atoms. The minimum Gasteiger partial charge on any atom is -0.386 e. The van der Waals surface area contributed by atoms with E-state index in [4.69, 9.17) is 5.73 Å². The largest absolute Gasteiger partial charge is 0.386 e. The van der Waals surface area contributed by atoms with Crippen molar-refractivity contribution in [3.05, 3.63) is 83.6 Å². The predicted molar refractivity (Wildman–Crippen MR) is 126 cm³/mol. The minimum absolute atomic E-state index is 0.137. The lowest BCUT2D eigenvalue weighted by Crippen LogP contribution is -2.43. The third kappa shape index (κ3) is 4.48. The highest BCUT2D eigenvalue weighted by atomic mass is 16.3. The van der Waals surface area contributed by atoms with Gasteiger partial charge in [0.05, 0.1) is 11.3 Å².